The molecule has 6 heteroatoms. The summed E-state index contributed by atoms with van der Waals surface area (Å²) in [6.45, 7) is 10.2. The maximum Gasteiger partial charge on any atom is 0.139 e. The molecule has 0 aromatic rings. The minimum Gasteiger partial charge on any atom is -0.395 e. The SMILES string of the molecule is Br.Br.CCCCCCCCCC[N+](C)(C)CN(CCO)C[N+](C)(C)CCCCCCCCCC. The van der Waals surface area contributed by atoms with E-state index < -0.39 is 0 Å². The van der Waals surface area contributed by atoms with E-state index in [0.717, 1.165) is 28.8 Å². The lowest BCUT2D eigenvalue weighted by atomic mass is 10.1. The van der Waals surface area contributed by atoms with Gasteiger partial charge in [-0.3, -0.25) is 0 Å². The number of nitrogens with zero attached hydrogens (tertiary/aromatic N) is 3. The van der Waals surface area contributed by atoms with Gasteiger partial charge >= 0.3 is 0 Å². The summed E-state index contributed by atoms with van der Waals surface area (Å²) in [5, 5.41) is 9.64. The minimum absolute atomic E-state index is 0. The Morgan fingerprint density at radius 1 is 0.500 bits per heavy atom. The van der Waals surface area contributed by atoms with Crippen LogP contribution in [-0.4, -0.2) is 86.7 Å². The van der Waals surface area contributed by atoms with E-state index in [2.05, 4.69) is 46.9 Å². The van der Waals surface area contributed by atoms with E-state index in [0.29, 0.717) is 0 Å². The molecule has 0 aliphatic carbocycles. The van der Waals surface area contributed by atoms with Crippen molar-refractivity contribution in [2.24, 2.45) is 0 Å². The molecule has 0 atom stereocenters. The van der Waals surface area contributed by atoms with E-state index in [1.165, 1.54) is 116 Å². The summed E-state index contributed by atoms with van der Waals surface area (Å²) in [6, 6.07) is 0. The van der Waals surface area contributed by atoms with Crippen molar-refractivity contribution in [3.63, 3.8) is 0 Å². The molecule has 34 heavy (non-hydrogen) atoms. The lowest BCUT2D eigenvalue weighted by Crippen LogP contribution is -2.56. The second-order valence-electron chi connectivity index (χ2n) is 11.7. The molecule has 0 amide bonds. The van der Waals surface area contributed by atoms with Crippen molar-refractivity contribution in [2.45, 2.75) is 117 Å². The third-order valence-electron chi connectivity index (χ3n) is 6.82. The van der Waals surface area contributed by atoms with Crippen LogP contribution in [0, 0.1) is 0 Å². The number of aliphatic hydroxyl groups excluding tert-OH is 1. The van der Waals surface area contributed by atoms with Crippen LogP contribution in [0.25, 0.3) is 0 Å². The Hall–Kier alpha value is 0.800. The Morgan fingerprint density at radius 2 is 0.794 bits per heavy atom. The smallest absolute Gasteiger partial charge is 0.139 e. The fourth-order valence-electron chi connectivity index (χ4n) is 4.90. The van der Waals surface area contributed by atoms with Crippen molar-refractivity contribution in [1.82, 2.24) is 4.90 Å². The number of halogens is 2. The molecule has 0 aromatic heterocycles. The Balaban J connectivity index is -0.00000480. The predicted octanol–water partition coefficient (Wildman–Crippen LogP) is 7.79. The molecule has 0 aromatic carbocycles. The van der Waals surface area contributed by atoms with Crippen LogP contribution in [0.3, 0.4) is 0 Å². The molecule has 0 heterocycles. The summed E-state index contributed by atoms with van der Waals surface area (Å²) in [5.41, 5.74) is 0. The first kappa shape index (κ1) is 39.3. The highest BCUT2D eigenvalue weighted by molar-refractivity contribution is 8.93. The van der Waals surface area contributed by atoms with Crippen LogP contribution in [0.1, 0.15) is 117 Å². The van der Waals surface area contributed by atoms with Gasteiger partial charge in [0.05, 0.1) is 47.9 Å². The summed E-state index contributed by atoms with van der Waals surface area (Å²) in [5.74, 6) is 0. The molecule has 0 unspecified atom stereocenters. The fraction of sp³-hybridized carbons (Fsp3) is 1.00. The van der Waals surface area contributed by atoms with Crippen LogP contribution in [-0.2, 0) is 0 Å². The topological polar surface area (TPSA) is 23.5 Å². The van der Waals surface area contributed by atoms with Crippen molar-refractivity contribution in [3.8, 4) is 0 Å². The van der Waals surface area contributed by atoms with E-state index in [1.54, 1.807) is 0 Å². The molecule has 0 saturated carbocycles. The highest BCUT2D eigenvalue weighted by Gasteiger charge is 2.25. The van der Waals surface area contributed by atoms with Crippen molar-refractivity contribution >= 4 is 34.0 Å². The molecule has 0 rings (SSSR count). The fourth-order valence-corrected chi connectivity index (χ4v) is 4.90. The maximum absolute atomic E-state index is 9.64. The number of hydrogen-bond donors (Lipinski definition) is 1. The van der Waals surface area contributed by atoms with Crippen LogP contribution in [0.4, 0.5) is 0 Å². The third kappa shape index (κ3) is 25.9. The molecule has 0 aliphatic rings. The number of rotatable bonds is 24. The molecule has 0 aliphatic heterocycles. The van der Waals surface area contributed by atoms with Gasteiger partial charge in [0.15, 0.2) is 0 Å². The van der Waals surface area contributed by atoms with Crippen molar-refractivity contribution in [2.75, 3.05) is 67.8 Å². The zero-order valence-corrected chi connectivity index (χ0v) is 27.6. The first-order valence-electron chi connectivity index (χ1n) is 14.2. The number of hydrogen-bond acceptors (Lipinski definition) is 2. The van der Waals surface area contributed by atoms with Gasteiger partial charge in [0.2, 0.25) is 0 Å². The Kier molecular flexibility index (Phi) is 29.4. The average molecular weight is 620 g/mol. The van der Waals surface area contributed by atoms with Crippen LogP contribution in [0.2, 0.25) is 0 Å². The Labute approximate surface area is 236 Å². The van der Waals surface area contributed by atoms with E-state index in [-0.39, 0.29) is 40.6 Å². The van der Waals surface area contributed by atoms with E-state index in [1.807, 2.05) is 0 Å². The van der Waals surface area contributed by atoms with Crippen LogP contribution < -0.4 is 0 Å². The monoisotopic (exact) mass is 617 g/mol. The summed E-state index contributed by atoms with van der Waals surface area (Å²) in [7, 11) is 9.46. The molecule has 0 saturated heterocycles. The van der Waals surface area contributed by atoms with Crippen molar-refractivity contribution in [3.05, 3.63) is 0 Å². The van der Waals surface area contributed by atoms with E-state index in [9.17, 15) is 5.11 Å². The Morgan fingerprint density at radius 3 is 1.09 bits per heavy atom. The number of aliphatic hydroxyl groups is 1. The van der Waals surface area contributed by atoms with Crippen LogP contribution >= 0.6 is 34.0 Å². The standard InChI is InChI=1S/C28H63N3O.2BrH/c1-7-9-11-13-15-17-19-21-24-30(3,4)27-29(23-26-32)28-31(5,6)25-22-20-18-16-14-12-10-8-2;;/h32H,7-28H2,1-6H3;2*1H/q+2;;. The van der Waals surface area contributed by atoms with Gasteiger partial charge in [0.25, 0.3) is 0 Å². The van der Waals surface area contributed by atoms with Gasteiger partial charge in [-0.15, -0.1) is 34.0 Å². The predicted molar refractivity (Wildman–Crippen MR) is 163 cm³/mol. The quantitative estimate of drug-likeness (QED) is 0.0678. The van der Waals surface area contributed by atoms with Gasteiger partial charge in [-0.2, -0.15) is 0 Å². The van der Waals surface area contributed by atoms with E-state index >= 15 is 0 Å². The van der Waals surface area contributed by atoms with Crippen LogP contribution in [0.5, 0.6) is 0 Å². The van der Waals surface area contributed by atoms with Crippen molar-refractivity contribution in [1.29, 1.82) is 0 Å². The highest BCUT2D eigenvalue weighted by atomic mass is 79.9. The summed E-state index contributed by atoms with van der Waals surface area (Å²) in [4.78, 5) is 2.50. The highest BCUT2D eigenvalue weighted by Crippen LogP contribution is 2.13. The second-order valence-corrected chi connectivity index (χ2v) is 11.7. The molecule has 0 spiro atoms. The zero-order valence-electron chi connectivity index (χ0n) is 24.2. The van der Waals surface area contributed by atoms with Gasteiger partial charge < -0.3 is 14.1 Å². The van der Waals surface area contributed by atoms with Gasteiger partial charge in [-0.25, -0.2) is 4.90 Å². The van der Waals surface area contributed by atoms with Gasteiger partial charge in [-0.05, 0) is 25.7 Å². The molecule has 0 fully saturated rings. The van der Waals surface area contributed by atoms with Gasteiger partial charge in [0.1, 0.15) is 13.3 Å². The van der Waals surface area contributed by atoms with Gasteiger partial charge in [0, 0.05) is 6.54 Å². The molecular weight excluding hydrogens is 554 g/mol. The minimum atomic E-state index is 0. The molecule has 1 N–H and O–H groups in total. The first-order chi connectivity index (χ1) is 15.3. The molecule has 4 nitrogen and oxygen atoms in total. The van der Waals surface area contributed by atoms with E-state index in [4.69, 9.17) is 0 Å². The lowest BCUT2D eigenvalue weighted by Gasteiger charge is -2.39. The molecule has 210 valence electrons. The molecular formula is C28H65Br2N3O+2. The normalized spacial score (nSPS) is 12.0. The van der Waals surface area contributed by atoms with Gasteiger partial charge in [-0.1, -0.05) is 90.9 Å². The summed E-state index contributed by atoms with van der Waals surface area (Å²) >= 11 is 0. The number of quaternary nitrogens is 2. The molecule has 0 radical (unpaired) electrons. The third-order valence-corrected chi connectivity index (χ3v) is 6.82. The maximum atomic E-state index is 9.64. The average Bonchev–Trinajstić information content (AvgIpc) is 2.71. The zero-order chi connectivity index (χ0) is 24.1. The summed E-state index contributed by atoms with van der Waals surface area (Å²) in [6.07, 6.45) is 22.2. The lowest BCUT2D eigenvalue weighted by molar-refractivity contribution is -0.928. The van der Waals surface area contributed by atoms with Crippen LogP contribution in [0.15, 0.2) is 0 Å². The van der Waals surface area contributed by atoms with Crippen molar-refractivity contribution < 1.29 is 14.1 Å². The second kappa shape index (κ2) is 25.4. The Bertz CT molecular complexity index is 375. The molecule has 0 bridgehead atoms. The largest absolute Gasteiger partial charge is 0.395 e. The first-order valence-corrected chi connectivity index (χ1v) is 14.2. The summed E-state index contributed by atoms with van der Waals surface area (Å²) < 4.78 is 2.07. The number of unbranched alkanes of at least 4 members (excludes halogenated alkanes) is 14.